The van der Waals surface area contributed by atoms with Crippen LogP contribution in [0, 0.1) is 11.3 Å². The van der Waals surface area contributed by atoms with E-state index < -0.39 is 0 Å². The highest BCUT2D eigenvalue weighted by atomic mass is 32.1. The van der Waals surface area contributed by atoms with Crippen molar-refractivity contribution in [3.05, 3.63) is 23.8 Å². The van der Waals surface area contributed by atoms with Crippen LogP contribution in [0.5, 0.6) is 0 Å². The molecule has 2 heteroatoms. The summed E-state index contributed by atoms with van der Waals surface area (Å²) in [5.41, 5.74) is 0.712. The fraction of sp³-hybridized carbons (Fsp3) is 0.143. The van der Waals surface area contributed by atoms with Gasteiger partial charge in [0.05, 0.1) is 6.07 Å². The maximum absolute atomic E-state index is 8.36. The summed E-state index contributed by atoms with van der Waals surface area (Å²) in [4.78, 5) is 0.897. The number of allylic oxidation sites excluding steroid dienone is 4. The SMILES string of the molecule is N#CC1=CCC(=S)C=C1. The Hall–Kier alpha value is -0.940. The van der Waals surface area contributed by atoms with Crippen LogP contribution in [-0.2, 0) is 0 Å². The lowest BCUT2D eigenvalue weighted by molar-refractivity contribution is 1.42. The van der Waals surface area contributed by atoms with Gasteiger partial charge in [0.2, 0.25) is 0 Å². The molecule has 44 valence electrons. The molecule has 0 bridgehead atoms. The lowest BCUT2D eigenvalue weighted by Crippen LogP contribution is -1.91. The van der Waals surface area contributed by atoms with Crippen LogP contribution in [0.4, 0.5) is 0 Å². The van der Waals surface area contributed by atoms with Crippen molar-refractivity contribution in [2.24, 2.45) is 0 Å². The van der Waals surface area contributed by atoms with Crippen molar-refractivity contribution in [2.75, 3.05) is 0 Å². The van der Waals surface area contributed by atoms with Gasteiger partial charge in [0.25, 0.3) is 0 Å². The van der Waals surface area contributed by atoms with E-state index in [0.717, 1.165) is 11.3 Å². The minimum atomic E-state index is 0.712. The topological polar surface area (TPSA) is 23.8 Å². The van der Waals surface area contributed by atoms with E-state index in [4.69, 9.17) is 17.5 Å². The minimum Gasteiger partial charge on any atom is -0.192 e. The van der Waals surface area contributed by atoms with Crippen LogP contribution in [0.1, 0.15) is 6.42 Å². The van der Waals surface area contributed by atoms with Crippen LogP contribution in [0.2, 0.25) is 0 Å². The Balaban J connectivity index is 2.77. The van der Waals surface area contributed by atoms with Gasteiger partial charge in [-0.05, 0) is 12.2 Å². The molecular weight excluding hydrogens is 130 g/mol. The van der Waals surface area contributed by atoms with Crippen LogP contribution in [-0.4, -0.2) is 4.86 Å². The predicted molar refractivity (Wildman–Crippen MR) is 40.1 cm³/mol. The summed E-state index contributed by atoms with van der Waals surface area (Å²) in [7, 11) is 0. The molecule has 0 saturated heterocycles. The first kappa shape index (κ1) is 6.18. The molecule has 0 saturated carbocycles. The Morgan fingerprint density at radius 3 is 2.78 bits per heavy atom. The summed E-state index contributed by atoms with van der Waals surface area (Å²) in [6.45, 7) is 0. The number of rotatable bonds is 0. The second-order valence-corrected chi connectivity index (χ2v) is 2.30. The second-order valence-electron chi connectivity index (χ2n) is 1.78. The molecule has 0 spiro atoms. The predicted octanol–water partition coefficient (Wildman–Crippen LogP) is 1.77. The number of hydrogen-bond acceptors (Lipinski definition) is 2. The summed E-state index contributed by atoms with van der Waals surface area (Å²) < 4.78 is 0. The van der Waals surface area contributed by atoms with Crippen molar-refractivity contribution in [1.82, 2.24) is 0 Å². The lowest BCUT2D eigenvalue weighted by Gasteiger charge is -1.97. The fourth-order valence-electron chi connectivity index (χ4n) is 0.612. The lowest BCUT2D eigenvalue weighted by atomic mass is 10.1. The van der Waals surface area contributed by atoms with Gasteiger partial charge in [-0.3, -0.25) is 0 Å². The molecule has 9 heavy (non-hydrogen) atoms. The summed E-state index contributed by atoms with van der Waals surface area (Å²) in [5.74, 6) is 0. The van der Waals surface area contributed by atoms with Crippen LogP contribution in [0.3, 0.4) is 0 Å². The molecule has 0 fully saturated rings. The maximum atomic E-state index is 8.36. The molecule has 0 aromatic carbocycles. The highest BCUT2D eigenvalue weighted by molar-refractivity contribution is 7.80. The third-order valence-electron chi connectivity index (χ3n) is 1.10. The van der Waals surface area contributed by atoms with E-state index in [1.54, 1.807) is 12.2 Å². The van der Waals surface area contributed by atoms with Crippen molar-refractivity contribution in [2.45, 2.75) is 6.42 Å². The van der Waals surface area contributed by atoms with E-state index >= 15 is 0 Å². The van der Waals surface area contributed by atoms with Crippen LogP contribution >= 0.6 is 12.2 Å². The Labute approximate surface area is 59.3 Å². The summed E-state index contributed by atoms with van der Waals surface area (Å²) >= 11 is 4.87. The molecule has 1 aliphatic carbocycles. The zero-order chi connectivity index (χ0) is 6.69. The van der Waals surface area contributed by atoms with Crippen LogP contribution in [0.15, 0.2) is 23.8 Å². The van der Waals surface area contributed by atoms with Crippen LogP contribution in [0.25, 0.3) is 0 Å². The summed E-state index contributed by atoms with van der Waals surface area (Å²) in [5, 5.41) is 8.36. The number of hydrogen-bond donors (Lipinski definition) is 0. The van der Waals surface area contributed by atoms with Crippen molar-refractivity contribution in [1.29, 1.82) is 5.26 Å². The van der Waals surface area contributed by atoms with Crippen molar-refractivity contribution in [3.63, 3.8) is 0 Å². The van der Waals surface area contributed by atoms with Gasteiger partial charge in [0.1, 0.15) is 0 Å². The van der Waals surface area contributed by atoms with E-state index in [-0.39, 0.29) is 0 Å². The molecule has 1 rings (SSSR count). The maximum Gasteiger partial charge on any atom is 0.0988 e. The summed E-state index contributed by atoms with van der Waals surface area (Å²) in [6, 6.07) is 2.04. The second kappa shape index (κ2) is 2.56. The molecule has 0 aromatic rings. The molecule has 0 heterocycles. The molecule has 1 aliphatic rings. The zero-order valence-electron chi connectivity index (χ0n) is 4.79. The highest BCUT2D eigenvalue weighted by Crippen LogP contribution is 2.06. The van der Waals surface area contributed by atoms with Gasteiger partial charge in [-0.25, -0.2) is 0 Å². The Morgan fingerprint density at radius 1 is 1.56 bits per heavy atom. The molecule has 0 N–H and O–H groups in total. The molecule has 0 radical (unpaired) electrons. The van der Waals surface area contributed by atoms with E-state index in [2.05, 4.69) is 0 Å². The Bertz CT molecular complexity index is 230. The quantitative estimate of drug-likeness (QED) is 0.472. The number of nitriles is 1. The third kappa shape index (κ3) is 1.48. The van der Waals surface area contributed by atoms with Gasteiger partial charge in [-0.15, -0.1) is 0 Å². The third-order valence-corrected chi connectivity index (χ3v) is 1.40. The molecule has 1 nitrogen and oxygen atoms in total. The van der Waals surface area contributed by atoms with Crippen LogP contribution < -0.4 is 0 Å². The van der Waals surface area contributed by atoms with Gasteiger partial charge in [0, 0.05) is 16.9 Å². The average molecular weight is 135 g/mol. The van der Waals surface area contributed by atoms with Crippen molar-refractivity contribution < 1.29 is 0 Å². The van der Waals surface area contributed by atoms with Crippen molar-refractivity contribution in [3.8, 4) is 6.07 Å². The van der Waals surface area contributed by atoms with E-state index in [1.807, 2.05) is 12.1 Å². The van der Waals surface area contributed by atoms with E-state index in [1.165, 1.54) is 0 Å². The van der Waals surface area contributed by atoms with E-state index in [0.29, 0.717) is 5.57 Å². The molecule has 0 unspecified atom stereocenters. The Morgan fingerprint density at radius 2 is 2.33 bits per heavy atom. The first-order chi connectivity index (χ1) is 4.33. The zero-order valence-corrected chi connectivity index (χ0v) is 5.61. The summed E-state index contributed by atoms with van der Waals surface area (Å²) in [6.07, 6.45) is 6.12. The standard InChI is InChI=1S/C7H5NS/c8-5-6-1-3-7(9)4-2-6/h1-3H,4H2. The monoisotopic (exact) mass is 135 g/mol. The molecule has 0 aromatic heterocycles. The number of nitrogens with zero attached hydrogens (tertiary/aromatic N) is 1. The molecule has 0 aliphatic heterocycles. The minimum absolute atomic E-state index is 0.712. The van der Waals surface area contributed by atoms with Gasteiger partial charge in [-0.2, -0.15) is 5.26 Å². The Kier molecular flexibility index (Phi) is 1.76. The molecular formula is C7H5NS. The van der Waals surface area contributed by atoms with Gasteiger partial charge in [-0.1, -0.05) is 18.3 Å². The van der Waals surface area contributed by atoms with Gasteiger partial charge >= 0.3 is 0 Å². The van der Waals surface area contributed by atoms with Crippen molar-refractivity contribution >= 4 is 17.1 Å². The normalized spacial score (nSPS) is 16.8. The average Bonchev–Trinajstić information content (AvgIpc) is 1.90. The van der Waals surface area contributed by atoms with E-state index in [9.17, 15) is 0 Å². The first-order valence-electron chi connectivity index (χ1n) is 2.64. The fourth-order valence-corrected chi connectivity index (χ4v) is 0.764. The number of thiocarbonyl (C=S) groups is 1. The largest absolute Gasteiger partial charge is 0.192 e. The molecule has 0 amide bonds. The first-order valence-corrected chi connectivity index (χ1v) is 3.05. The highest BCUT2D eigenvalue weighted by Gasteiger charge is 1.97. The van der Waals surface area contributed by atoms with Gasteiger partial charge < -0.3 is 0 Å². The smallest absolute Gasteiger partial charge is 0.0988 e. The van der Waals surface area contributed by atoms with Gasteiger partial charge in [0.15, 0.2) is 0 Å². The molecule has 0 atom stereocenters.